The van der Waals surface area contributed by atoms with E-state index in [1.165, 1.54) is 0 Å². The Morgan fingerprint density at radius 3 is 2.44 bits per heavy atom. The van der Waals surface area contributed by atoms with E-state index in [1.54, 1.807) is 0 Å². The van der Waals surface area contributed by atoms with Crippen molar-refractivity contribution in [3.05, 3.63) is 35.9 Å². The van der Waals surface area contributed by atoms with Gasteiger partial charge < -0.3 is 10.4 Å². The Morgan fingerprint density at radius 1 is 1.33 bits per heavy atom. The lowest BCUT2D eigenvalue weighted by Crippen LogP contribution is -2.40. The van der Waals surface area contributed by atoms with Crippen molar-refractivity contribution in [1.29, 1.82) is 0 Å². The number of carbonyl (C=O) groups excluding carboxylic acids is 1. The smallest absolute Gasteiger partial charge is 0.230 e. The van der Waals surface area contributed by atoms with E-state index in [9.17, 15) is 9.90 Å². The van der Waals surface area contributed by atoms with Crippen molar-refractivity contribution in [1.82, 2.24) is 5.32 Å². The number of hydrogen-bond acceptors (Lipinski definition) is 2. The molecule has 0 saturated heterocycles. The van der Waals surface area contributed by atoms with Crippen molar-refractivity contribution in [2.75, 3.05) is 6.54 Å². The van der Waals surface area contributed by atoms with Gasteiger partial charge in [0, 0.05) is 6.54 Å². The minimum absolute atomic E-state index is 0.0494. The van der Waals surface area contributed by atoms with Crippen molar-refractivity contribution in [2.45, 2.75) is 38.2 Å². The van der Waals surface area contributed by atoms with Crippen molar-refractivity contribution < 1.29 is 9.90 Å². The van der Waals surface area contributed by atoms with Crippen LogP contribution in [0.5, 0.6) is 0 Å². The molecule has 0 heterocycles. The van der Waals surface area contributed by atoms with Gasteiger partial charge in [-0.1, -0.05) is 44.2 Å². The molecule has 0 aliphatic heterocycles. The lowest BCUT2D eigenvalue weighted by Gasteiger charge is -2.19. The van der Waals surface area contributed by atoms with Crippen LogP contribution in [0.3, 0.4) is 0 Å². The Labute approximate surface area is 108 Å². The minimum atomic E-state index is -0.472. The van der Waals surface area contributed by atoms with Crippen LogP contribution < -0.4 is 5.32 Å². The fourth-order valence-electron chi connectivity index (χ4n) is 2.13. The van der Waals surface area contributed by atoms with Gasteiger partial charge in [-0.15, -0.1) is 0 Å². The molecule has 0 spiro atoms. The van der Waals surface area contributed by atoms with Gasteiger partial charge in [-0.3, -0.25) is 4.79 Å². The molecule has 1 saturated carbocycles. The molecule has 1 aromatic carbocycles. The second-order valence-corrected chi connectivity index (χ2v) is 5.47. The normalized spacial score (nSPS) is 18.4. The summed E-state index contributed by atoms with van der Waals surface area (Å²) in [5, 5.41) is 12.6. The summed E-state index contributed by atoms with van der Waals surface area (Å²) in [5.74, 6) is 0.213. The second kappa shape index (κ2) is 5.11. The predicted octanol–water partition coefficient (Wildman–Crippen LogP) is 1.85. The summed E-state index contributed by atoms with van der Waals surface area (Å²) in [5.41, 5.74) is 0.749. The molecular formula is C15H21NO2. The third-order valence-electron chi connectivity index (χ3n) is 3.75. The number of aliphatic hydroxyl groups is 1. The van der Waals surface area contributed by atoms with Gasteiger partial charge >= 0.3 is 0 Å². The average molecular weight is 247 g/mol. The quantitative estimate of drug-likeness (QED) is 0.834. The van der Waals surface area contributed by atoms with Gasteiger partial charge in [0.15, 0.2) is 0 Å². The minimum Gasteiger partial charge on any atom is -0.391 e. The highest BCUT2D eigenvalue weighted by atomic mass is 16.3. The Balaban J connectivity index is 1.98. The first-order valence-corrected chi connectivity index (χ1v) is 6.58. The molecule has 1 atom stereocenters. The van der Waals surface area contributed by atoms with Crippen molar-refractivity contribution in [2.24, 2.45) is 5.92 Å². The highest BCUT2D eigenvalue weighted by molar-refractivity contribution is 5.91. The van der Waals surface area contributed by atoms with E-state index < -0.39 is 6.10 Å². The summed E-state index contributed by atoms with van der Waals surface area (Å²) in [6.07, 6.45) is 1.34. The topological polar surface area (TPSA) is 49.3 Å². The largest absolute Gasteiger partial charge is 0.391 e. The fraction of sp³-hybridized carbons (Fsp3) is 0.533. The fourth-order valence-corrected chi connectivity index (χ4v) is 2.13. The summed E-state index contributed by atoms with van der Waals surface area (Å²) in [7, 11) is 0. The van der Waals surface area contributed by atoms with Crippen LogP contribution in [0.1, 0.15) is 32.3 Å². The Bertz CT molecular complexity index is 410. The number of nitrogens with one attached hydrogen (secondary N) is 1. The van der Waals surface area contributed by atoms with Gasteiger partial charge in [0.2, 0.25) is 5.91 Å². The molecule has 2 rings (SSSR count). The molecule has 1 unspecified atom stereocenters. The molecular weight excluding hydrogens is 226 g/mol. The first-order valence-electron chi connectivity index (χ1n) is 6.58. The molecule has 3 nitrogen and oxygen atoms in total. The Kier molecular flexibility index (Phi) is 3.71. The van der Waals surface area contributed by atoms with Crippen LogP contribution in [-0.2, 0) is 10.2 Å². The molecule has 3 heteroatoms. The van der Waals surface area contributed by atoms with Crippen LogP contribution in [0.2, 0.25) is 0 Å². The van der Waals surface area contributed by atoms with Gasteiger partial charge in [-0.05, 0) is 24.3 Å². The molecule has 98 valence electrons. The standard InChI is InChI=1S/C15H21NO2/c1-11(2)13(17)10-16-14(18)15(8-9-15)12-6-4-3-5-7-12/h3-7,11,13,17H,8-10H2,1-2H3,(H,16,18). The number of carbonyl (C=O) groups is 1. The van der Waals surface area contributed by atoms with E-state index in [0.717, 1.165) is 18.4 Å². The maximum atomic E-state index is 12.2. The number of hydrogen-bond donors (Lipinski definition) is 2. The molecule has 2 N–H and O–H groups in total. The van der Waals surface area contributed by atoms with Gasteiger partial charge in [0.05, 0.1) is 11.5 Å². The molecule has 1 amide bonds. The summed E-state index contributed by atoms with van der Waals surface area (Å²) in [6, 6.07) is 9.90. The lowest BCUT2D eigenvalue weighted by molar-refractivity contribution is -0.124. The van der Waals surface area contributed by atoms with Gasteiger partial charge in [0.25, 0.3) is 0 Å². The van der Waals surface area contributed by atoms with E-state index in [2.05, 4.69) is 5.32 Å². The zero-order valence-corrected chi connectivity index (χ0v) is 11.0. The maximum absolute atomic E-state index is 12.2. The third kappa shape index (κ3) is 2.56. The SMILES string of the molecule is CC(C)C(O)CNC(=O)C1(c2ccccc2)CC1. The van der Waals surface area contributed by atoms with Crippen LogP contribution in [0, 0.1) is 5.92 Å². The first kappa shape index (κ1) is 13.1. The molecule has 0 bridgehead atoms. The number of aliphatic hydroxyl groups excluding tert-OH is 1. The van der Waals surface area contributed by atoms with Crippen LogP contribution in [0.15, 0.2) is 30.3 Å². The molecule has 1 fully saturated rings. The Morgan fingerprint density at radius 2 is 1.94 bits per heavy atom. The monoisotopic (exact) mass is 247 g/mol. The highest BCUT2D eigenvalue weighted by Crippen LogP contribution is 2.48. The third-order valence-corrected chi connectivity index (χ3v) is 3.75. The molecule has 18 heavy (non-hydrogen) atoms. The number of benzene rings is 1. The van der Waals surface area contributed by atoms with E-state index in [1.807, 2.05) is 44.2 Å². The summed E-state index contributed by atoms with van der Waals surface area (Å²) < 4.78 is 0. The van der Waals surface area contributed by atoms with Crippen LogP contribution in [-0.4, -0.2) is 23.7 Å². The molecule has 1 aliphatic carbocycles. The zero-order valence-electron chi connectivity index (χ0n) is 11.0. The second-order valence-electron chi connectivity index (χ2n) is 5.47. The summed E-state index contributed by atoms with van der Waals surface area (Å²) in [4.78, 5) is 12.2. The summed E-state index contributed by atoms with van der Waals surface area (Å²) >= 11 is 0. The van der Waals surface area contributed by atoms with Crippen molar-refractivity contribution >= 4 is 5.91 Å². The van der Waals surface area contributed by atoms with Crippen molar-refractivity contribution in [3.8, 4) is 0 Å². The van der Waals surface area contributed by atoms with Crippen LogP contribution in [0.4, 0.5) is 0 Å². The molecule has 0 radical (unpaired) electrons. The molecule has 1 aliphatic rings. The molecule has 1 aromatic rings. The molecule has 0 aromatic heterocycles. The van der Waals surface area contributed by atoms with Gasteiger partial charge in [0.1, 0.15) is 0 Å². The van der Waals surface area contributed by atoms with Gasteiger partial charge in [-0.25, -0.2) is 0 Å². The van der Waals surface area contributed by atoms with Crippen LogP contribution in [0.25, 0.3) is 0 Å². The van der Waals surface area contributed by atoms with E-state index in [-0.39, 0.29) is 17.2 Å². The first-order chi connectivity index (χ1) is 8.56. The summed E-state index contributed by atoms with van der Waals surface area (Å²) in [6.45, 7) is 4.23. The van der Waals surface area contributed by atoms with E-state index >= 15 is 0 Å². The number of rotatable bonds is 5. The highest BCUT2D eigenvalue weighted by Gasteiger charge is 2.51. The van der Waals surface area contributed by atoms with Crippen molar-refractivity contribution in [3.63, 3.8) is 0 Å². The maximum Gasteiger partial charge on any atom is 0.230 e. The lowest BCUT2D eigenvalue weighted by atomic mass is 9.95. The number of amides is 1. The van der Waals surface area contributed by atoms with Gasteiger partial charge in [-0.2, -0.15) is 0 Å². The van der Waals surface area contributed by atoms with E-state index in [0.29, 0.717) is 6.54 Å². The average Bonchev–Trinajstić information content (AvgIpc) is 3.18. The van der Waals surface area contributed by atoms with E-state index in [4.69, 9.17) is 0 Å². The Hall–Kier alpha value is -1.35. The zero-order chi connectivity index (χ0) is 13.2. The van der Waals surface area contributed by atoms with Crippen LogP contribution >= 0.6 is 0 Å². The predicted molar refractivity (Wildman–Crippen MR) is 71.2 cm³/mol.